The molecule has 6 heteroatoms. The Labute approximate surface area is 133 Å². The molecule has 0 radical (unpaired) electrons. The van der Waals surface area contributed by atoms with Crippen LogP contribution < -0.4 is 14.8 Å². The van der Waals surface area contributed by atoms with E-state index in [0.717, 1.165) is 28.0 Å². The molecule has 0 bridgehead atoms. The van der Waals surface area contributed by atoms with Gasteiger partial charge in [-0.1, -0.05) is 0 Å². The number of nitrogens with zero attached hydrogens (tertiary/aromatic N) is 1. The van der Waals surface area contributed by atoms with Crippen molar-refractivity contribution in [1.82, 2.24) is 10.2 Å². The molecule has 1 aliphatic rings. The summed E-state index contributed by atoms with van der Waals surface area (Å²) in [4.78, 5) is 13.4. The molecule has 2 rings (SSSR count). The second-order valence-electron chi connectivity index (χ2n) is 5.29. The molecule has 1 unspecified atom stereocenters. The van der Waals surface area contributed by atoms with Crippen LogP contribution in [0.2, 0.25) is 0 Å². The molecule has 0 saturated carbocycles. The van der Waals surface area contributed by atoms with Crippen molar-refractivity contribution in [2.24, 2.45) is 0 Å². The molecule has 5 nitrogen and oxygen atoms in total. The van der Waals surface area contributed by atoms with Crippen molar-refractivity contribution >= 4 is 21.8 Å². The SMILES string of the molecule is CC(NCc1cc(Br)c2c(c1)OCCCO2)C(=O)N(C)C. The summed E-state index contributed by atoms with van der Waals surface area (Å²) in [7, 11) is 3.51. The van der Waals surface area contributed by atoms with Crippen LogP contribution in [0, 0.1) is 0 Å². The number of nitrogens with one attached hydrogen (secondary N) is 1. The van der Waals surface area contributed by atoms with Gasteiger partial charge >= 0.3 is 0 Å². The lowest BCUT2D eigenvalue weighted by Crippen LogP contribution is -2.41. The van der Waals surface area contributed by atoms with E-state index in [9.17, 15) is 4.79 Å². The number of likely N-dealkylation sites (N-methyl/N-ethyl adjacent to an activating group) is 1. The quantitative estimate of drug-likeness (QED) is 0.898. The molecular weight excluding hydrogens is 336 g/mol. The first-order valence-electron chi connectivity index (χ1n) is 7.01. The fraction of sp³-hybridized carbons (Fsp3) is 0.533. The number of hydrogen-bond donors (Lipinski definition) is 1. The molecule has 21 heavy (non-hydrogen) atoms. The van der Waals surface area contributed by atoms with Gasteiger partial charge in [0.25, 0.3) is 0 Å². The summed E-state index contributed by atoms with van der Waals surface area (Å²) in [6.07, 6.45) is 0.878. The largest absolute Gasteiger partial charge is 0.490 e. The maximum absolute atomic E-state index is 11.8. The Morgan fingerprint density at radius 1 is 1.38 bits per heavy atom. The van der Waals surface area contributed by atoms with Gasteiger partial charge in [0.1, 0.15) is 0 Å². The third kappa shape index (κ3) is 4.11. The van der Waals surface area contributed by atoms with Gasteiger partial charge < -0.3 is 19.7 Å². The number of fused-ring (bicyclic) bond motifs is 1. The highest BCUT2D eigenvalue weighted by Gasteiger charge is 2.17. The van der Waals surface area contributed by atoms with Crippen molar-refractivity contribution in [3.8, 4) is 11.5 Å². The van der Waals surface area contributed by atoms with E-state index in [-0.39, 0.29) is 11.9 Å². The number of halogens is 1. The Bertz CT molecular complexity index is 520. The van der Waals surface area contributed by atoms with Gasteiger partial charge in [-0.05, 0) is 40.5 Å². The molecule has 1 aromatic carbocycles. The molecule has 0 saturated heterocycles. The first-order chi connectivity index (χ1) is 9.99. The minimum absolute atomic E-state index is 0.0587. The molecule has 116 valence electrons. The fourth-order valence-electron chi connectivity index (χ4n) is 2.13. The Morgan fingerprint density at radius 2 is 2.10 bits per heavy atom. The average molecular weight is 357 g/mol. The highest BCUT2D eigenvalue weighted by atomic mass is 79.9. The Balaban J connectivity index is 2.06. The van der Waals surface area contributed by atoms with Crippen LogP contribution in [0.25, 0.3) is 0 Å². The van der Waals surface area contributed by atoms with Gasteiger partial charge in [0.2, 0.25) is 5.91 Å². The predicted molar refractivity (Wildman–Crippen MR) is 84.7 cm³/mol. The molecule has 0 fully saturated rings. The Hall–Kier alpha value is -1.27. The number of rotatable bonds is 4. The van der Waals surface area contributed by atoms with Crippen molar-refractivity contribution in [2.75, 3.05) is 27.3 Å². The van der Waals surface area contributed by atoms with Gasteiger partial charge in [-0.2, -0.15) is 0 Å². The number of hydrogen-bond acceptors (Lipinski definition) is 4. The van der Waals surface area contributed by atoms with Crippen LogP contribution in [0.15, 0.2) is 16.6 Å². The highest BCUT2D eigenvalue weighted by molar-refractivity contribution is 9.10. The molecule has 0 aliphatic carbocycles. The summed E-state index contributed by atoms with van der Waals surface area (Å²) in [6, 6.07) is 3.73. The topological polar surface area (TPSA) is 50.8 Å². The molecule has 1 atom stereocenters. The van der Waals surface area contributed by atoms with Gasteiger partial charge in [-0.15, -0.1) is 0 Å². The number of carbonyl (C=O) groups is 1. The number of amides is 1. The summed E-state index contributed by atoms with van der Waals surface area (Å²) in [5.74, 6) is 1.57. The first-order valence-corrected chi connectivity index (χ1v) is 7.81. The van der Waals surface area contributed by atoms with Gasteiger partial charge in [0.15, 0.2) is 11.5 Å². The van der Waals surface area contributed by atoms with Crippen LogP contribution in [0.4, 0.5) is 0 Å². The van der Waals surface area contributed by atoms with Gasteiger partial charge in [0.05, 0.1) is 23.7 Å². The zero-order chi connectivity index (χ0) is 15.4. The number of benzene rings is 1. The van der Waals surface area contributed by atoms with Crippen molar-refractivity contribution < 1.29 is 14.3 Å². The average Bonchev–Trinajstić information content (AvgIpc) is 2.69. The smallest absolute Gasteiger partial charge is 0.238 e. The number of ether oxygens (including phenoxy) is 2. The van der Waals surface area contributed by atoms with E-state index in [2.05, 4.69) is 21.2 Å². The second-order valence-corrected chi connectivity index (χ2v) is 6.14. The maximum Gasteiger partial charge on any atom is 0.238 e. The van der Waals surface area contributed by atoms with Crippen molar-refractivity contribution in [3.63, 3.8) is 0 Å². The van der Waals surface area contributed by atoms with Crippen LogP contribution in [-0.4, -0.2) is 44.2 Å². The summed E-state index contributed by atoms with van der Waals surface area (Å²) < 4.78 is 12.3. The Morgan fingerprint density at radius 3 is 2.81 bits per heavy atom. The Kier molecular flexibility index (Phi) is 5.47. The molecular formula is C15H21BrN2O3. The molecule has 1 heterocycles. The van der Waals surface area contributed by atoms with E-state index < -0.39 is 0 Å². The minimum atomic E-state index is -0.227. The first kappa shape index (κ1) is 16.1. The third-order valence-electron chi connectivity index (χ3n) is 3.29. The molecule has 0 spiro atoms. The van der Waals surface area contributed by atoms with Crippen LogP contribution in [-0.2, 0) is 11.3 Å². The van der Waals surface area contributed by atoms with Crippen LogP contribution >= 0.6 is 15.9 Å². The van der Waals surface area contributed by atoms with Crippen LogP contribution in [0.5, 0.6) is 11.5 Å². The van der Waals surface area contributed by atoms with Crippen LogP contribution in [0.1, 0.15) is 18.9 Å². The van der Waals surface area contributed by atoms with Crippen LogP contribution in [0.3, 0.4) is 0 Å². The summed E-state index contributed by atoms with van der Waals surface area (Å²) in [6.45, 7) is 3.78. The van der Waals surface area contributed by atoms with Crippen molar-refractivity contribution in [2.45, 2.75) is 25.9 Å². The van der Waals surface area contributed by atoms with E-state index >= 15 is 0 Å². The lowest BCUT2D eigenvalue weighted by Gasteiger charge is -2.18. The van der Waals surface area contributed by atoms with E-state index in [1.807, 2.05) is 19.1 Å². The van der Waals surface area contributed by atoms with E-state index in [1.54, 1.807) is 19.0 Å². The fourth-order valence-corrected chi connectivity index (χ4v) is 2.74. The van der Waals surface area contributed by atoms with Gasteiger partial charge in [0, 0.05) is 27.1 Å². The predicted octanol–water partition coefficient (Wildman–Crippen LogP) is 2.18. The monoisotopic (exact) mass is 356 g/mol. The van der Waals surface area contributed by atoms with E-state index in [4.69, 9.17) is 9.47 Å². The third-order valence-corrected chi connectivity index (χ3v) is 3.87. The van der Waals surface area contributed by atoms with Gasteiger partial charge in [-0.3, -0.25) is 4.79 Å². The molecule has 0 aromatic heterocycles. The lowest BCUT2D eigenvalue weighted by atomic mass is 10.2. The van der Waals surface area contributed by atoms with Crippen molar-refractivity contribution in [3.05, 3.63) is 22.2 Å². The summed E-state index contributed by atoms with van der Waals surface area (Å²) in [5.41, 5.74) is 1.05. The maximum atomic E-state index is 11.8. The normalized spacial score (nSPS) is 15.2. The summed E-state index contributed by atoms with van der Waals surface area (Å²) >= 11 is 3.52. The standard InChI is InChI=1S/C15H21BrN2O3/c1-10(15(19)18(2)3)17-9-11-7-12(16)14-13(8-11)20-5-4-6-21-14/h7-8,10,17H,4-6,9H2,1-3H3. The van der Waals surface area contributed by atoms with Gasteiger partial charge in [-0.25, -0.2) is 0 Å². The highest BCUT2D eigenvalue weighted by Crippen LogP contribution is 2.38. The zero-order valence-electron chi connectivity index (χ0n) is 12.6. The molecule has 1 aromatic rings. The molecule has 1 aliphatic heterocycles. The lowest BCUT2D eigenvalue weighted by molar-refractivity contribution is -0.130. The number of carbonyl (C=O) groups excluding carboxylic acids is 1. The van der Waals surface area contributed by atoms with Crippen molar-refractivity contribution in [1.29, 1.82) is 0 Å². The molecule has 1 N–H and O–H groups in total. The minimum Gasteiger partial charge on any atom is -0.490 e. The van der Waals surface area contributed by atoms with E-state index in [0.29, 0.717) is 19.8 Å². The van der Waals surface area contributed by atoms with E-state index in [1.165, 1.54) is 0 Å². The summed E-state index contributed by atoms with van der Waals surface area (Å²) in [5, 5.41) is 3.22. The zero-order valence-corrected chi connectivity index (χ0v) is 14.2. The second kappa shape index (κ2) is 7.13. The molecule has 1 amide bonds.